The van der Waals surface area contributed by atoms with Crippen LogP contribution in [0.1, 0.15) is 42.3 Å². The van der Waals surface area contributed by atoms with Gasteiger partial charge in [-0.05, 0) is 55.4 Å². The standard InChI is InChI=1S/C21H22ClN3O2S/c1-12-3-8-16-17(9-12)28-20-19(16)21(27)25(11-23-20)10-18(26)24-13(2)14-4-6-15(22)7-5-14/h4-7,11-13H,3,8-10H2,1-2H3,(H,24,26)/t12-,13+/m1/s1. The van der Waals surface area contributed by atoms with E-state index in [4.69, 9.17) is 11.6 Å². The topological polar surface area (TPSA) is 64.0 Å². The molecule has 0 spiro atoms. The monoisotopic (exact) mass is 415 g/mol. The number of aryl methyl sites for hydroxylation is 1. The summed E-state index contributed by atoms with van der Waals surface area (Å²) < 4.78 is 1.41. The van der Waals surface area contributed by atoms with E-state index in [1.807, 2.05) is 19.1 Å². The van der Waals surface area contributed by atoms with E-state index in [2.05, 4.69) is 17.2 Å². The van der Waals surface area contributed by atoms with Crippen molar-refractivity contribution in [3.63, 3.8) is 0 Å². The minimum atomic E-state index is -0.219. The number of rotatable bonds is 4. The predicted molar refractivity (Wildman–Crippen MR) is 113 cm³/mol. The molecule has 2 atom stereocenters. The summed E-state index contributed by atoms with van der Waals surface area (Å²) in [6.07, 6.45) is 4.50. The van der Waals surface area contributed by atoms with Crippen molar-refractivity contribution >= 4 is 39.1 Å². The minimum absolute atomic E-state index is 0.0409. The highest BCUT2D eigenvalue weighted by Crippen LogP contribution is 2.35. The second-order valence-electron chi connectivity index (χ2n) is 7.55. The van der Waals surface area contributed by atoms with Gasteiger partial charge in [-0.1, -0.05) is 30.7 Å². The van der Waals surface area contributed by atoms with Gasteiger partial charge in [0.1, 0.15) is 11.4 Å². The minimum Gasteiger partial charge on any atom is -0.348 e. The van der Waals surface area contributed by atoms with Crippen molar-refractivity contribution in [2.75, 3.05) is 0 Å². The summed E-state index contributed by atoms with van der Waals surface area (Å²) in [5, 5.41) is 4.29. The lowest BCUT2D eigenvalue weighted by Crippen LogP contribution is -2.34. The molecule has 0 bridgehead atoms. The first kappa shape index (κ1) is 19.2. The van der Waals surface area contributed by atoms with Crippen LogP contribution in [0.5, 0.6) is 0 Å². The van der Waals surface area contributed by atoms with E-state index in [0.29, 0.717) is 16.3 Å². The fraction of sp³-hybridized carbons (Fsp3) is 0.381. The molecular weight excluding hydrogens is 394 g/mol. The number of carbonyl (C=O) groups is 1. The quantitative estimate of drug-likeness (QED) is 0.697. The number of hydrogen-bond donors (Lipinski definition) is 1. The second-order valence-corrected chi connectivity index (χ2v) is 9.07. The Kier molecular flexibility index (Phi) is 5.25. The van der Waals surface area contributed by atoms with Crippen LogP contribution in [0.2, 0.25) is 5.02 Å². The second kappa shape index (κ2) is 7.68. The van der Waals surface area contributed by atoms with E-state index >= 15 is 0 Å². The van der Waals surface area contributed by atoms with E-state index in [0.717, 1.165) is 35.2 Å². The largest absolute Gasteiger partial charge is 0.348 e. The van der Waals surface area contributed by atoms with Crippen molar-refractivity contribution in [2.24, 2.45) is 5.92 Å². The van der Waals surface area contributed by atoms with Crippen LogP contribution in [0, 0.1) is 5.92 Å². The molecule has 0 saturated heterocycles. The van der Waals surface area contributed by atoms with Gasteiger partial charge in [0, 0.05) is 9.90 Å². The number of benzene rings is 1. The Morgan fingerprint density at radius 2 is 2.14 bits per heavy atom. The summed E-state index contributed by atoms with van der Waals surface area (Å²) in [6.45, 7) is 4.10. The Morgan fingerprint density at radius 3 is 2.89 bits per heavy atom. The van der Waals surface area contributed by atoms with E-state index in [-0.39, 0.29) is 24.1 Å². The first-order valence-electron chi connectivity index (χ1n) is 9.47. The molecule has 1 amide bonds. The van der Waals surface area contributed by atoms with Crippen molar-refractivity contribution in [3.05, 3.63) is 62.0 Å². The summed E-state index contributed by atoms with van der Waals surface area (Å²) in [6, 6.07) is 7.18. The Labute approximate surface area is 172 Å². The van der Waals surface area contributed by atoms with Crippen molar-refractivity contribution in [3.8, 4) is 0 Å². The fourth-order valence-electron chi connectivity index (χ4n) is 3.76. The number of nitrogens with zero attached hydrogens (tertiary/aromatic N) is 2. The van der Waals surface area contributed by atoms with Gasteiger partial charge in [-0.2, -0.15) is 0 Å². The van der Waals surface area contributed by atoms with Gasteiger partial charge in [0.05, 0.1) is 17.8 Å². The van der Waals surface area contributed by atoms with E-state index in [1.54, 1.807) is 23.5 Å². The van der Waals surface area contributed by atoms with Crippen LogP contribution in [-0.2, 0) is 24.2 Å². The van der Waals surface area contributed by atoms with Crippen molar-refractivity contribution in [1.29, 1.82) is 0 Å². The maximum absolute atomic E-state index is 13.0. The molecular formula is C21H22ClN3O2S. The molecule has 2 heterocycles. The van der Waals surface area contributed by atoms with Crippen LogP contribution in [0.4, 0.5) is 0 Å². The first-order chi connectivity index (χ1) is 13.4. The molecule has 5 nitrogen and oxygen atoms in total. The summed E-state index contributed by atoms with van der Waals surface area (Å²) in [4.78, 5) is 32.0. The molecule has 1 aliphatic rings. The molecule has 3 aromatic rings. The number of halogens is 1. The maximum Gasteiger partial charge on any atom is 0.262 e. The van der Waals surface area contributed by atoms with Crippen LogP contribution in [-0.4, -0.2) is 15.5 Å². The Bertz CT molecular complexity index is 1090. The molecule has 0 fully saturated rings. The summed E-state index contributed by atoms with van der Waals surface area (Å²) >= 11 is 7.53. The normalized spacial score (nSPS) is 17.3. The SMILES string of the molecule is C[C@@H]1CCc2c(sc3ncn(CC(=O)N[C@@H](C)c4ccc(Cl)cc4)c(=O)c23)C1. The highest BCUT2D eigenvalue weighted by Gasteiger charge is 2.23. The van der Waals surface area contributed by atoms with Gasteiger partial charge in [0.25, 0.3) is 5.56 Å². The van der Waals surface area contributed by atoms with Crippen LogP contribution in [0.3, 0.4) is 0 Å². The number of fused-ring (bicyclic) bond motifs is 3. The van der Waals surface area contributed by atoms with Crippen LogP contribution < -0.4 is 10.9 Å². The molecule has 146 valence electrons. The third-order valence-electron chi connectivity index (χ3n) is 5.34. The number of amides is 1. The van der Waals surface area contributed by atoms with Gasteiger partial charge in [-0.3, -0.25) is 14.2 Å². The summed E-state index contributed by atoms with van der Waals surface area (Å²) in [7, 11) is 0. The Hall–Kier alpha value is -2.18. The highest BCUT2D eigenvalue weighted by molar-refractivity contribution is 7.18. The maximum atomic E-state index is 13.0. The van der Waals surface area contributed by atoms with Crippen molar-refractivity contribution < 1.29 is 4.79 Å². The molecule has 0 unspecified atom stereocenters. The number of nitrogens with one attached hydrogen (secondary N) is 1. The van der Waals surface area contributed by atoms with Gasteiger partial charge >= 0.3 is 0 Å². The number of thiophene rings is 1. The Morgan fingerprint density at radius 1 is 1.39 bits per heavy atom. The van der Waals surface area contributed by atoms with Crippen LogP contribution in [0.15, 0.2) is 35.4 Å². The average Bonchev–Trinajstić information content (AvgIpc) is 3.02. The van der Waals surface area contributed by atoms with Crippen LogP contribution >= 0.6 is 22.9 Å². The molecule has 1 N–H and O–H groups in total. The molecule has 1 aromatic carbocycles. The number of carbonyl (C=O) groups excluding carboxylic acids is 1. The van der Waals surface area contributed by atoms with Gasteiger partial charge in [0.2, 0.25) is 5.91 Å². The van der Waals surface area contributed by atoms with Gasteiger partial charge in [0.15, 0.2) is 0 Å². The van der Waals surface area contributed by atoms with E-state index < -0.39 is 0 Å². The lowest BCUT2D eigenvalue weighted by molar-refractivity contribution is -0.122. The Balaban J connectivity index is 1.54. The molecule has 7 heteroatoms. The lowest BCUT2D eigenvalue weighted by Gasteiger charge is -2.17. The molecule has 0 radical (unpaired) electrons. The molecule has 1 aliphatic carbocycles. The molecule has 28 heavy (non-hydrogen) atoms. The van der Waals surface area contributed by atoms with Gasteiger partial charge in [-0.15, -0.1) is 11.3 Å². The average molecular weight is 416 g/mol. The lowest BCUT2D eigenvalue weighted by atomic mass is 9.89. The van der Waals surface area contributed by atoms with E-state index in [9.17, 15) is 9.59 Å². The zero-order valence-corrected chi connectivity index (χ0v) is 17.4. The molecule has 0 aliphatic heterocycles. The number of hydrogen-bond acceptors (Lipinski definition) is 4. The van der Waals surface area contributed by atoms with Gasteiger partial charge in [-0.25, -0.2) is 4.98 Å². The predicted octanol–water partition coefficient (Wildman–Crippen LogP) is 4.11. The summed E-state index contributed by atoms with van der Waals surface area (Å²) in [5.74, 6) is 0.423. The zero-order chi connectivity index (χ0) is 19.8. The zero-order valence-electron chi connectivity index (χ0n) is 15.9. The molecule has 2 aromatic heterocycles. The smallest absolute Gasteiger partial charge is 0.262 e. The third-order valence-corrected chi connectivity index (χ3v) is 6.76. The molecule has 0 saturated carbocycles. The highest BCUT2D eigenvalue weighted by atomic mass is 35.5. The van der Waals surface area contributed by atoms with E-state index in [1.165, 1.54) is 15.8 Å². The number of aromatic nitrogens is 2. The fourth-order valence-corrected chi connectivity index (χ4v) is 5.22. The van der Waals surface area contributed by atoms with Crippen LogP contribution in [0.25, 0.3) is 10.2 Å². The van der Waals surface area contributed by atoms with Crippen molar-refractivity contribution in [2.45, 2.75) is 45.7 Å². The van der Waals surface area contributed by atoms with Crippen molar-refractivity contribution in [1.82, 2.24) is 14.9 Å². The first-order valence-corrected chi connectivity index (χ1v) is 10.7. The molecule has 4 rings (SSSR count). The third kappa shape index (κ3) is 3.71. The van der Waals surface area contributed by atoms with Gasteiger partial charge < -0.3 is 5.32 Å². The summed E-state index contributed by atoms with van der Waals surface area (Å²) in [5.41, 5.74) is 1.98.